The normalized spacial score (nSPS) is 16.3. The van der Waals surface area contributed by atoms with E-state index >= 15 is 0 Å². The highest BCUT2D eigenvalue weighted by atomic mass is 79.9. The minimum Gasteiger partial charge on any atom is -0.497 e. The van der Waals surface area contributed by atoms with Crippen LogP contribution in [0.3, 0.4) is 0 Å². The molecule has 21 heavy (non-hydrogen) atoms. The third kappa shape index (κ3) is 3.16. The summed E-state index contributed by atoms with van der Waals surface area (Å²) < 4.78 is 11.2. The molecule has 0 unspecified atom stereocenters. The number of amides is 1. The number of carbonyl (C=O) groups is 1. The molecule has 1 aliphatic heterocycles. The summed E-state index contributed by atoms with van der Waals surface area (Å²) in [6.07, 6.45) is 1.60. The number of hydrogen-bond acceptors (Lipinski definition) is 4. The Morgan fingerprint density at radius 1 is 1.38 bits per heavy atom. The van der Waals surface area contributed by atoms with Gasteiger partial charge in [-0.25, -0.2) is 0 Å². The second-order valence-corrected chi connectivity index (χ2v) is 6.18. The molecule has 1 saturated heterocycles. The summed E-state index contributed by atoms with van der Waals surface area (Å²) in [5.74, 6) is 0.898. The van der Waals surface area contributed by atoms with E-state index in [9.17, 15) is 9.90 Å². The van der Waals surface area contributed by atoms with Gasteiger partial charge in [0.2, 0.25) is 0 Å². The van der Waals surface area contributed by atoms with Gasteiger partial charge in [0.15, 0.2) is 0 Å². The molecule has 6 heteroatoms. The number of benzene rings is 1. The van der Waals surface area contributed by atoms with Crippen LogP contribution in [-0.2, 0) is 0 Å². The molecule has 0 bridgehead atoms. The Labute approximate surface area is 133 Å². The second kappa shape index (κ2) is 6.23. The molecule has 1 N–H and O–H groups in total. The first kappa shape index (κ1) is 16.1. The van der Waals surface area contributed by atoms with E-state index in [2.05, 4.69) is 15.9 Å². The minimum atomic E-state index is -0.742. The van der Waals surface area contributed by atoms with Crippen molar-refractivity contribution in [1.82, 2.24) is 4.90 Å². The van der Waals surface area contributed by atoms with Gasteiger partial charge in [-0.3, -0.25) is 4.79 Å². The van der Waals surface area contributed by atoms with Crippen LogP contribution in [0, 0.1) is 0 Å². The fraction of sp³-hybridized carbons (Fsp3) is 0.533. The summed E-state index contributed by atoms with van der Waals surface area (Å²) >= 11 is 3.38. The molecular formula is C15H20BrNO4. The zero-order chi connectivity index (χ0) is 15.6. The van der Waals surface area contributed by atoms with Crippen LogP contribution < -0.4 is 9.47 Å². The molecular weight excluding hydrogens is 338 g/mol. The Morgan fingerprint density at radius 3 is 2.57 bits per heavy atom. The first-order chi connectivity index (χ1) is 9.94. The number of ether oxygens (including phenoxy) is 2. The lowest BCUT2D eigenvalue weighted by atomic mass is 9.88. The lowest BCUT2D eigenvalue weighted by molar-refractivity contribution is -0.0860. The number of likely N-dealkylation sites (tertiary alicyclic amines) is 1. The molecule has 1 amide bonds. The highest BCUT2D eigenvalue weighted by Gasteiger charge is 2.43. The quantitative estimate of drug-likeness (QED) is 0.879. The van der Waals surface area contributed by atoms with Crippen molar-refractivity contribution >= 4 is 21.8 Å². The van der Waals surface area contributed by atoms with Crippen molar-refractivity contribution in [2.45, 2.75) is 25.4 Å². The molecule has 2 rings (SSSR count). The molecule has 0 radical (unpaired) electrons. The van der Waals surface area contributed by atoms with Crippen LogP contribution in [0.25, 0.3) is 0 Å². The predicted octanol–water partition coefficient (Wildman–Crippen LogP) is 2.45. The van der Waals surface area contributed by atoms with Crippen molar-refractivity contribution in [1.29, 1.82) is 0 Å². The second-order valence-electron chi connectivity index (χ2n) is 5.33. The van der Waals surface area contributed by atoms with Gasteiger partial charge in [-0.15, -0.1) is 0 Å². The van der Waals surface area contributed by atoms with Gasteiger partial charge < -0.3 is 19.5 Å². The maximum atomic E-state index is 12.6. The molecule has 1 aliphatic rings. The molecule has 1 aromatic rings. The molecule has 0 spiro atoms. The zero-order valence-corrected chi connectivity index (χ0v) is 14.1. The van der Waals surface area contributed by atoms with Crippen LogP contribution in [0.15, 0.2) is 16.6 Å². The molecule has 0 aliphatic carbocycles. The molecule has 0 aromatic heterocycles. The average Bonchev–Trinajstić information content (AvgIpc) is 2.43. The van der Waals surface area contributed by atoms with E-state index in [4.69, 9.17) is 9.47 Å². The third-order valence-electron chi connectivity index (χ3n) is 3.66. The molecule has 5 nitrogen and oxygen atoms in total. The predicted molar refractivity (Wildman–Crippen MR) is 83.0 cm³/mol. The van der Waals surface area contributed by atoms with E-state index in [-0.39, 0.29) is 5.91 Å². The standard InChI is InChI=1S/C15H20BrNO4/c1-4-5-15(19)8-17(9-15)14(18)11-6-10(20-2)7-12(16)13(11)21-3/h6-7,19H,4-5,8-9H2,1-3H3. The number of β-amino-alcohol motifs (C(OH)–C–C–N with tert-alkyl or cyclic N) is 1. The molecule has 1 heterocycles. The largest absolute Gasteiger partial charge is 0.497 e. The summed E-state index contributed by atoms with van der Waals surface area (Å²) in [5.41, 5.74) is -0.310. The van der Waals surface area contributed by atoms with Gasteiger partial charge in [0.05, 0.1) is 42.9 Å². The van der Waals surface area contributed by atoms with Crippen LogP contribution in [0.4, 0.5) is 0 Å². The van der Waals surface area contributed by atoms with Crippen molar-refractivity contribution in [2.75, 3.05) is 27.3 Å². The number of hydrogen-bond donors (Lipinski definition) is 1. The van der Waals surface area contributed by atoms with Crippen molar-refractivity contribution in [3.63, 3.8) is 0 Å². The van der Waals surface area contributed by atoms with Gasteiger partial charge in [0, 0.05) is 0 Å². The van der Waals surface area contributed by atoms with E-state index in [1.54, 1.807) is 24.1 Å². The number of carbonyl (C=O) groups excluding carboxylic acids is 1. The van der Waals surface area contributed by atoms with E-state index < -0.39 is 5.60 Å². The molecule has 116 valence electrons. The first-order valence-corrected chi connectivity index (χ1v) is 7.66. The van der Waals surface area contributed by atoms with Gasteiger partial charge >= 0.3 is 0 Å². The Balaban J connectivity index is 2.22. The van der Waals surface area contributed by atoms with Crippen LogP contribution >= 0.6 is 15.9 Å². The van der Waals surface area contributed by atoms with Crippen molar-refractivity contribution in [3.05, 3.63) is 22.2 Å². The Kier molecular flexibility index (Phi) is 4.78. The van der Waals surface area contributed by atoms with Gasteiger partial charge in [-0.2, -0.15) is 0 Å². The molecule has 1 aromatic carbocycles. The summed E-state index contributed by atoms with van der Waals surface area (Å²) in [4.78, 5) is 14.2. The van der Waals surface area contributed by atoms with Crippen LogP contribution in [0.1, 0.15) is 30.1 Å². The highest BCUT2D eigenvalue weighted by Crippen LogP contribution is 2.36. The fourth-order valence-electron chi connectivity index (χ4n) is 2.65. The smallest absolute Gasteiger partial charge is 0.258 e. The van der Waals surface area contributed by atoms with Crippen molar-refractivity contribution in [2.24, 2.45) is 0 Å². The molecule has 1 fully saturated rings. The average molecular weight is 358 g/mol. The summed E-state index contributed by atoms with van der Waals surface area (Å²) in [6.45, 7) is 2.74. The number of nitrogens with zero attached hydrogens (tertiary/aromatic N) is 1. The maximum absolute atomic E-state index is 12.6. The zero-order valence-electron chi connectivity index (χ0n) is 12.5. The Bertz CT molecular complexity index is 541. The maximum Gasteiger partial charge on any atom is 0.258 e. The Hall–Kier alpha value is -1.27. The number of aliphatic hydroxyl groups is 1. The number of methoxy groups -OCH3 is 2. The lowest BCUT2D eigenvalue weighted by Gasteiger charge is -2.46. The van der Waals surface area contributed by atoms with Crippen molar-refractivity contribution < 1.29 is 19.4 Å². The summed E-state index contributed by atoms with van der Waals surface area (Å²) in [7, 11) is 3.07. The molecule has 0 saturated carbocycles. The van der Waals surface area contributed by atoms with Gasteiger partial charge in [-0.05, 0) is 34.5 Å². The topological polar surface area (TPSA) is 59.0 Å². The van der Waals surface area contributed by atoms with Crippen LogP contribution in [-0.4, -0.2) is 48.8 Å². The monoisotopic (exact) mass is 357 g/mol. The number of halogens is 1. The molecule has 0 atom stereocenters. The fourth-order valence-corrected chi connectivity index (χ4v) is 3.26. The van der Waals surface area contributed by atoms with E-state index in [0.717, 1.165) is 6.42 Å². The van der Waals surface area contributed by atoms with Gasteiger partial charge in [0.1, 0.15) is 11.5 Å². The Morgan fingerprint density at radius 2 is 2.05 bits per heavy atom. The van der Waals surface area contributed by atoms with Crippen LogP contribution in [0.5, 0.6) is 11.5 Å². The SMILES string of the molecule is CCCC1(O)CN(C(=O)c2cc(OC)cc(Br)c2OC)C1. The summed E-state index contributed by atoms with van der Waals surface area (Å²) in [6, 6.07) is 3.41. The first-order valence-electron chi connectivity index (χ1n) is 6.87. The highest BCUT2D eigenvalue weighted by molar-refractivity contribution is 9.10. The van der Waals surface area contributed by atoms with Gasteiger partial charge in [-0.1, -0.05) is 13.3 Å². The van der Waals surface area contributed by atoms with Crippen LogP contribution in [0.2, 0.25) is 0 Å². The third-order valence-corrected chi connectivity index (χ3v) is 4.25. The lowest BCUT2D eigenvalue weighted by Crippen LogP contribution is -2.63. The van der Waals surface area contributed by atoms with Gasteiger partial charge in [0.25, 0.3) is 5.91 Å². The summed E-state index contributed by atoms with van der Waals surface area (Å²) in [5, 5.41) is 10.2. The van der Waals surface area contributed by atoms with E-state index in [1.165, 1.54) is 7.11 Å². The number of rotatable bonds is 5. The van der Waals surface area contributed by atoms with E-state index in [1.807, 2.05) is 6.92 Å². The minimum absolute atomic E-state index is 0.160. The van der Waals surface area contributed by atoms with Crippen molar-refractivity contribution in [3.8, 4) is 11.5 Å². The van der Waals surface area contributed by atoms with E-state index in [0.29, 0.717) is 41.0 Å².